The van der Waals surface area contributed by atoms with E-state index >= 15 is 0 Å². The minimum absolute atomic E-state index is 0.0118. The zero-order chi connectivity index (χ0) is 16.5. The lowest BCUT2D eigenvalue weighted by molar-refractivity contribution is 0.207. The van der Waals surface area contributed by atoms with Crippen LogP contribution in [-0.2, 0) is 6.42 Å². The van der Waals surface area contributed by atoms with Crippen LogP contribution in [0, 0.1) is 5.82 Å². The number of halogens is 2. The van der Waals surface area contributed by atoms with Gasteiger partial charge >= 0.3 is 0 Å². The SMILES string of the molecule is Fc1cc(Cl)ccc1-c1cccc2c1CC[C@H]2Oc1ccccc1. The lowest BCUT2D eigenvalue weighted by Crippen LogP contribution is -2.03. The number of fused-ring (bicyclic) bond motifs is 1. The molecule has 1 nitrogen and oxygen atoms in total. The highest BCUT2D eigenvalue weighted by atomic mass is 35.5. The van der Waals surface area contributed by atoms with Gasteiger partial charge < -0.3 is 4.74 Å². The molecule has 0 fully saturated rings. The first-order valence-corrected chi connectivity index (χ1v) is 8.39. The quantitative estimate of drug-likeness (QED) is 0.551. The Morgan fingerprint density at radius 1 is 0.917 bits per heavy atom. The molecule has 0 heterocycles. The van der Waals surface area contributed by atoms with E-state index in [1.165, 1.54) is 11.6 Å². The Kier molecular flexibility index (Phi) is 3.99. The van der Waals surface area contributed by atoms with Crippen molar-refractivity contribution in [2.24, 2.45) is 0 Å². The Balaban J connectivity index is 1.71. The molecule has 1 aliphatic carbocycles. The molecule has 120 valence electrons. The van der Waals surface area contributed by atoms with Crippen LogP contribution in [0.1, 0.15) is 23.7 Å². The molecule has 0 N–H and O–H groups in total. The molecule has 0 unspecified atom stereocenters. The minimum Gasteiger partial charge on any atom is -0.486 e. The van der Waals surface area contributed by atoms with E-state index in [1.54, 1.807) is 12.1 Å². The van der Waals surface area contributed by atoms with E-state index in [1.807, 2.05) is 42.5 Å². The van der Waals surface area contributed by atoms with Crippen molar-refractivity contribution >= 4 is 11.6 Å². The van der Waals surface area contributed by atoms with Gasteiger partial charge in [0.15, 0.2) is 0 Å². The molecule has 24 heavy (non-hydrogen) atoms. The van der Waals surface area contributed by atoms with Crippen LogP contribution in [0.15, 0.2) is 66.7 Å². The van der Waals surface area contributed by atoms with E-state index in [9.17, 15) is 4.39 Å². The lowest BCUT2D eigenvalue weighted by atomic mass is 9.96. The average molecular weight is 339 g/mol. The number of hydrogen-bond acceptors (Lipinski definition) is 1. The third-order valence-corrected chi connectivity index (χ3v) is 4.69. The smallest absolute Gasteiger partial charge is 0.132 e. The molecule has 0 saturated carbocycles. The van der Waals surface area contributed by atoms with E-state index < -0.39 is 0 Å². The Bertz CT molecular complexity index is 876. The zero-order valence-corrected chi connectivity index (χ0v) is 13.8. The standard InChI is InChI=1S/C21H16ClFO/c22-14-9-10-18(20(23)13-14)16-7-4-8-19-17(16)11-12-21(19)24-15-5-2-1-3-6-15/h1-10,13,21H,11-12H2/t21-/m1/s1. The summed E-state index contributed by atoms with van der Waals surface area (Å²) in [5.74, 6) is 0.571. The van der Waals surface area contributed by atoms with Crippen molar-refractivity contribution in [2.75, 3.05) is 0 Å². The van der Waals surface area contributed by atoms with Crippen LogP contribution in [0.4, 0.5) is 4.39 Å². The van der Waals surface area contributed by atoms with E-state index in [-0.39, 0.29) is 11.9 Å². The molecule has 0 amide bonds. The number of para-hydroxylation sites is 1. The van der Waals surface area contributed by atoms with Crippen molar-refractivity contribution in [3.8, 4) is 16.9 Å². The van der Waals surface area contributed by atoms with Crippen molar-refractivity contribution in [1.29, 1.82) is 0 Å². The minimum atomic E-state index is -0.289. The van der Waals surface area contributed by atoms with Crippen LogP contribution in [0.3, 0.4) is 0 Å². The molecule has 1 atom stereocenters. The van der Waals surface area contributed by atoms with Gasteiger partial charge in [-0.05, 0) is 59.9 Å². The van der Waals surface area contributed by atoms with Gasteiger partial charge in [0.25, 0.3) is 0 Å². The molecular weight excluding hydrogens is 323 g/mol. The molecule has 3 aromatic carbocycles. The summed E-state index contributed by atoms with van der Waals surface area (Å²) in [6, 6.07) is 20.7. The van der Waals surface area contributed by atoms with Crippen molar-refractivity contribution in [1.82, 2.24) is 0 Å². The molecule has 4 rings (SSSR count). The third kappa shape index (κ3) is 2.78. The van der Waals surface area contributed by atoms with Crippen LogP contribution in [-0.4, -0.2) is 0 Å². The summed E-state index contributed by atoms with van der Waals surface area (Å²) in [6.07, 6.45) is 1.79. The average Bonchev–Trinajstić information content (AvgIpc) is 2.99. The lowest BCUT2D eigenvalue weighted by Gasteiger charge is -2.16. The number of benzene rings is 3. The van der Waals surface area contributed by atoms with Gasteiger partial charge in [-0.2, -0.15) is 0 Å². The van der Waals surface area contributed by atoms with Gasteiger partial charge in [-0.15, -0.1) is 0 Å². The number of hydrogen-bond donors (Lipinski definition) is 0. The summed E-state index contributed by atoms with van der Waals surface area (Å²) in [5, 5.41) is 0.411. The Morgan fingerprint density at radius 2 is 1.75 bits per heavy atom. The van der Waals surface area contributed by atoms with Crippen molar-refractivity contribution < 1.29 is 9.13 Å². The normalized spacial score (nSPS) is 16.0. The van der Waals surface area contributed by atoms with Crippen molar-refractivity contribution in [2.45, 2.75) is 18.9 Å². The maximum absolute atomic E-state index is 14.3. The monoisotopic (exact) mass is 338 g/mol. The summed E-state index contributed by atoms with van der Waals surface area (Å²) in [4.78, 5) is 0. The van der Waals surface area contributed by atoms with Gasteiger partial charge in [0.05, 0.1) is 0 Å². The molecule has 0 saturated heterocycles. The Morgan fingerprint density at radius 3 is 2.54 bits per heavy atom. The number of ether oxygens (including phenoxy) is 1. The molecule has 3 aromatic rings. The van der Waals surface area contributed by atoms with Crippen molar-refractivity contribution in [3.05, 3.63) is 88.7 Å². The van der Waals surface area contributed by atoms with Gasteiger partial charge in [0, 0.05) is 10.6 Å². The molecular formula is C21H16ClFO. The van der Waals surface area contributed by atoms with Crippen LogP contribution >= 0.6 is 11.6 Å². The second-order valence-corrected chi connectivity index (χ2v) is 6.39. The first-order valence-electron chi connectivity index (χ1n) is 8.01. The second-order valence-electron chi connectivity index (χ2n) is 5.96. The summed E-state index contributed by atoms with van der Waals surface area (Å²) in [6.45, 7) is 0. The summed E-state index contributed by atoms with van der Waals surface area (Å²) in [5.41, 5.74) is 3.84. The fourth-order valence-electron chi connectivity index (χ4n) is 3.36. The highest BCUT2D eigenvalue weighted by molar-refractivity contribution is 6.30. The summed E-state index contributed by atoms with van der Waals surface area (Å²) in [7, 11) is 0. The van der Waals surface area contributed by atoms with Gasteiger partial charge in [0.2, 0.25) is 0 Å². The predicted molar refractivity (Wildman–Crippen MR) is 95.0 cm³/mol. The fourth-order valence-corrected chi connectivity index (χ4v) is 3.52. The summed E-state index contributed by atoms with van der Waals surface area (Å²) >= 11 is 5.88. The molecule has 0 aliphatic heterocycles. The first kappa shape index (κ1) is 15.2. The van der Waals surface area contributed by atoms with Crippen LogP contribution in [0.25, 0.3) is 11.1 Å². The predicted octanol–water partition coefficient (Wildman–Crippen LogP) is 6.21. The molecule has 0 aromatic heterocycles. The maximum Gasteiger partial charge on any atom is 0.132 e. The number of rotatable bonds is 3. The van der Waals surface area contributed by atoms with Gasteiger partial charge in [0.1, 0.15) is 17.7 Å². The zero-order valence-electron chi connectivity index (χ0n) is 13.0. The van der Waals surface area contributed by atoms with Crippen LogP contribution in [0.2, 0.25) is 5.02 Å². The highest BCUT2D eigenvalue weighted by Gasteiger charge is 2.27. The highest BCUT2D eigenvalue weighted by Crippen LogP contribution is 2.40. The second kappa shape index (κ2) is 6.29. The molecule has 1 aliphatic rings. The molecule has 0 radical (unpaired) electrons. The molecule has 3 heteroatoms. The maximum atomic E-state index is 14.3. The van der Waals surface area contributed by atoms with Gasteiger partial charge in [-0.3, -0.25) is 0 Å². The van der Waals surface area contributed by atoms with Crippen LogP contribution < -0.4 is 4.74 Å². The fraction of sp³-hybridized carbons (Fsp3) is 0.143. The Labute approximate surface area is 145 Å². The first-order chi connectivity index (χ1) is 11.7. The van der Waals surface area contributed by atoms with E-state index in [2.05, 4.69) is 6.07 Å². The Hall–Kier alpha value is -2.32. The van der Waals surface area contributed by atoms with Crippen LogP contribution in [0.5, 0.6) is 5.75 Å². The van der Waals surface area contributed by atoms with Crippen molar-refractivity contribution in [3.63, 3.8) is 0 Å². The van der Waals surface area contributed by atoms with Gasteiger partial charge in [-0.1, -0.05) is 48.0 Å². The molecule has 0 spiro atoms. The van der Waals surface area contributed by atoms with E-state index in [4.69, 9.17) is 16.3 Å². The summed E-state index contributed by atoms with van der Waals surface area (Å²) < 4.78 is 20.5. The van der Waals surface area contributed by atoms with E-state index in [0.717, 1.165) is 29.7 Å². The van der Waals surface area contributed by atoms with Gasteiger partial charge in [-0.25, -0.2) is 4.39 Å². The third-order valence-electron chi connectivity index (χ3n) is 4.46. The molecule has 0 bridgehead atoms. The van der Waals surface area contributed by atoms with E-state index in [0.29, 0.717) is 10.6 Å². The topological polar surface area (TPSA) is 9.23 Å². The largest absolute Gasteiger partial charge is 0.486 e.